The molecule has 0 N–H and O–H groups in total. The van der Waals surface area contributed by atoms with Crippen molar-refractivity contribution in [1.82, 2.24) is 25.1 Å². The van der Waals surface area contributed by atoms with Crippen LogP contribution in [0, 0.1) is 25.2 Å². The SMILES string of the molecule is COc1ccc(Cn2nnnc2[C@@H](c2ccc(C#N)cc2)N2CCN(c3cccc(C)c3C)CC2)cc1. The molecule has 0 radical (unpaired) electrons. The first-order chi connectivity index (χ1) is 18.1. The molecule has 1 fully saturated rings. The first kappa shape index (κ1) is 24.5. The summed E-state index contributed by atoms with van der Waals surface area (Å²) in [4.78, 5) is 4.91. The zero-order chi connectivity index (χ0) is 25.8. The van der Waals surface area contributed by atoms with Gasteiger partial charge in [0.25, 0.3) is 0 Å². The maximum Gasteiger partial charge on any atom is 0.173 e. The second kappa shape index (κ2) is 10.8. The van der Waals surface area contributed by atoms with Gasteiger partial charge >= 0.3 is 0 Å². The number of ether oxygens (including phenoxy) is 1. The van der Waals surface area contributed by atoms with Crippen molar-refractivity contribution in [2.24, 2.45) is 0 Å². The third kappa shape index (κ3) is 5.18. The fraction of sp³-hybridized carbons (Fsp3) is 0.310. The van der Waals surface area contributed by atoms with Crippen LogP contribution in [0.4, 0.5) is 5.69 Å². The summed E-state index contributed by atoms with van der Waals surface area (Å²) in [6, 6.07) is 24.3. The van der Waals surface area contributed by atoms with Crippen LogP contribution in [0.1, 0.15) is 39.7 Å². The number of piperazine rings is 1. The highest BCUT2D eigenvalue weighted by Gasteiger charge is 2.31. The highest BCUT2D eigenvalue weighted by molar-refractivity contribution is 5.56. The Morgan fingerprint density at radius 2 is 1.68 bits per heavy atom. The number of aromatic nitrogens is 4. The summed E-state index contributed by atoms with van der Waals surface area (Å²) in [5.74, 6) is 1.61. The Labute approximate surface area is 217 Å². The third-order valence-corrected chi connectivity index (χ3v) is 7.25. The summed E-state index contributed by atoms with van der Waals surface area (Å²) in [7, 11) is 1.66. The summed E-state index contributed by atoms with van der Waals surface area (Å²) in [5, 5.41) is 22.2. The molecule has 1 aliphatic heterocycles. The van der Waals surface area contributed by atoms with Crippen LogP contribution in [0.25, 0.3) is 0 Å². The lowest BCUT2D eigenvalue weighted by Gasteiger charge is -2.40. The summed E-state index contributed by atoms with van der Waals surface area (Å²) >= 11 is 0. The van der Waals surface area contributed by atoms with Gasteiger partial charge in [-0.2, -0.15) is 5.26 Å². The molecule has 0 unspecified atom stereocenters. The maximum atomic E-state index is 9.31. The highest BCUT2D eigenvalue weighted by atomic mass is 16.5. The number of benzene rings is 3. The number of tetrazole rings is 1. The Balaban J connectivity index is 1.43. The molecule has 0 aliphatic carbocycles. The molecule has 0 spiro atoms. The molecule has 1 aliphatic rings. The predicted molar refractivity (Wildman–Crippen MR) is 143 cm³/mol. The Morgan fingerprint density at radius 1 is 0.946 bits per heavy atom. The molecule has 0 saturated carbocycles. The lowest BCUT2D eigenvalue weighted by molar-refractivity contribution is 0.201. The zero-order valence-electron chi connectivity index (χ0n) is 21.5. The second-order valence-corrected chi connectivity index (χ2v) is 9.42. The molecule has 3 aromatic carbocycles. The Hall–Kier alpha value is -4.22. The van der Waals surface area contributed by atoms with Crippen LogP contribution >= 0.6 is 0 Å². The molecule has 37 heavy (non-hydrogen) atoms. The summed E-state index contributed by atoms with van der Waals surface area (Å²) in [5.41, 5.74) is 6.76. The maximum absolute atomic E-state index is 9.31. The van der Waals surface area contributed by atoms with Crippen molar-refractivity contribution in [2.75, 3.05) is 38.2 Å². The van der Waals surface area contributed by atoms with Crippen molar-refractivity contribution in [3.63, 3.8) is 0 Å². The molecular weight excluding hydrogens is 462 g/mol. The van der Waals surface area contributed by atoms with Crippen molar-refractivity contribution in [1.29, 1.82) is 5.26 Å². The third-order valence-electron chi connectivity index (χ3n) is 7.25. The van der Waals surface area contributed by atoms with E-state index in [1.165, 1.54) is 16.8 Å². The van der Waals surface area contributed by atoms with E-state index in [0.29, 0.717) is 12.1 Å². The summed E-state index contributed by atoms with van der Waals surface area (Å²) < 4.78 is 7.17. The Kier molecular flexibility index (Phi) is 7.15. The Bertz CT molecular complexity index is 1380. The summed E-state index contributed by atoms with van der Waals surface area (Å²) in [6.07, 6.45) is 0. The fourth-order valence-electron chi connectivity index (χ4n) is 4.99. The van der Waals surface area contributed by atoms with Gasteiger partial charge in [0.1, 0.15) is 5.75 Å². The van der Waals surface area contributed by atoms with Gasteiger partial charge in [0.15, 0.2) is 5.82 Å². The van der Waals surface area contributed by atoms with Gasteiger partial charge in [0.2, 0.25) is 0 Å². The topological polar surface area (TPSA) is 83.1 Å². The van der Waals surface area contributed by atoms with Gasteiger partial charge in [-0.3, -0.25) is 4.90 Å². The smallest absolute Gasteiger partial charge is 0.173 e. The van der Waals surface area contributed by atoms with E-state index in [0.717, 1.165) is 48.9 Å². The van der Waals surface area contributed by atoms with Gasteiger partial charge in [-0.25, -0.2) is 4.68 Å². The minimum Gasteiger partial charge on any atom is -0.497 e. The molecule has 4 aromatic rings. The lowest BCUT2D eigenvalue weighted by atomic mass is 10.0. The first-order valence-corrected chi connectivity index (χ1v) is 12.5. The van der Waals surface area contributed by atoms with Crippen LogP contribution in [0.3, 0.4) is 0 Å². The number of hydrogen-bond donors (Lipinski definition) is 0. The quantitative estimate of drug-likeness (QED) is 0.383. The number of methoxy groups -OCH3 is 1. The Morgan fingerprint density at radius 3 is 2.35 bits per heavy atom. The second-order valence-electron chi connectivity index (χ2n) is 9.42. The number of aryl methyl sites for hydroxylation is 1. The molecule has 1 atom stereocenters. The molecule has 0 bridgehead atoms. The molecular formula is C29H31N7O. The van der Waals surface area contributed by atoms with Gasteiger partial charge in [-0.05, 0) is 76.9 Å². The normalized spacial score (nSPS) is 14.8. The van der Waals surface area contributed by atoms with Crippen molar-refractivity contribution in [2.45, 2.75) is 26.4 Å². The van der Waals surface area contributed by atoms with E-state index in [9.17, 15) is 5.26 Å². The van der Waals surface area contributed by atoms with E-state index < -0.39 is 0 Å². The van der Waals surface area contributed by atoms with E-state index in [4.69, 9.17) is 4.74 Å². The standard InChI is InChI=1S/C29H31N7O/c1-21-5-4-6-27(22(21)2)34-15-17-35(18-16-34)28(25-11-7-23(19-30)8-12-25)29-31-32-33-36(29)20-24-9-13-26(37-3)14-10-24/h4-14,28H,15-18,20H2,1-3H3/t28-/m1/s1. The molecule has 8 heteroatoms. The lowest BCUT2D eigenvalue weighted by Crippen LogP contribution is -2.48. The first-order valence-electron chi connectivity index (χ1n) is 12.5. The molecule has 2 heterocycles. The molecule has 8 nitrogen and oxygen atoms in total. The largest absolute Gasteiger partial charge is 0.497 e. The van der Waals surface area contributed by atoms with Crippen molar-refractivity contribution < 1.29 is 4.74 Å². The van der Waals surface area contributed by atoms with Crippen LogP contribution in [0.5, 0.6) is 5.75 Å². The minimum atomic E-state index is -0.123. The van der Waals surface area contributed by atoms with Crippen LogP contribution in [0.2, 0.25) is 0 Å². The van der Waals surface area contributed by atoms with Gasteiger partial charge in [-0.1, -0.05) is 36.4 Å². The van der Waals surface area contributed by atoms with E-state index in [1.54, 1.807) is 7.11 Å². The van der Waals surface area contributed by atoms with Crippen LogP contribution < -0.4 is 9.64 Å². The average Bonchev–Trinajstić information content (AvgIpc) is 3.39. The van der Waals surface area contributed by atoms with Crippen molar-refractivity contribution in [3.05, 3.63) is 100 Å². The predicted octanol–water partition coefficient (Wildman–Crippen LogP) is 4.13. The van der Waals surface area contributed by atoms with Crippen LogP contribution in [0.15, 0.2) is 66.7 Å². The number of anilines is 1. The number of rotatable bonds is 7. The number of hydrogen-bond acceptors (Lipinski definition) is 7. The zero-order valence-corrected chi connectivity index (χ0v) is 21.5. The molecule has 5 rings (SSSR count). The van der Waals surface area contributed by atoms with E-state index in [-0.39, 0.29) is 6.04 Å². The van der Waals surface area contributed by atoms with Gasteiger partial charge in [0.05, 0.1) is 31.3 Å². The summed E-state index contributed by atoms with van der Waals surface area (Å²) in [6.45, 7) is 8.49. The van der Waals surface area contributed by atoms with Crippen molar-refractivity contribution >= 4 is 5.69 Å². The highest BCUT2D eigenvalue weighted by Crippen LogP contribution is 2.31. The van der Waals surface area contributed by atoms with E-state index in [2.05, 4.69) is 63.4 Å². The molecule has 188 valence electrons. The fourth-order valence-corrected chi connectivity index (χ4v) is 4.99. The number of nitrogens with zero attached hydrogens (tertiary/aromatic N) is 7. The van der Waals surface area contributed by atoms with Crippen LogP contribution in [-0.2, 0) is 6.54 Å². The van der Waals surface area contributed by atoms with Crippen LogP contribution in [-0.4, -0.2) is 58.4 Å². The van der Waals surface area contributed by atoms with Gasteiger partial charge < -0.3 is 9.64 Å². The van der Waals surface area contributed by atoms with Gasteiger partial charge in [0, 0.05) is 31.9 Å². The van der Waals surface area contributed by atoms with E-state index >= 15 is 0 Å². The van der Waals surface area contributed by atoms with Gasteiger partial charge in [-0.15, -0.1) is 5.10 Å². The molecule has 1 aromatic heterocycles. The monoisotopic (exact) mass is 493 g/mol. The molecule has 0 amide bonds. The minimum absolute atomic E-state index is 0.123. The van der Waals surface area contributed by atoms with Crippen molar-refractivity contribution in [3.8, 4) is 11.8 Å². The van der Waals surface area contributed by atoms with E-state index in [1.807, 2.05) is 53.2 Å². The molecule has 1 saturated heterocycles. The average molecular weight is 494 g/mol. The number of nitriles is 1.